The summed E-state index contributed by atoms with van der Waals surface area (Å²) in [4.78, 5) is 21.7. The van der Waals surface area contributed by atoms with Crippen molar-refractivity contribution in [3.63, 3.8) is 0 Å². The highest BCUT2D eigenvalue weighted by atomic mass is 16.4. The fourth-order valence-corrected chi connectivity index (χ4v) is 1.11. The van der Waals surface area contributed by atoms with Gasteiger partial charge in [-0.25, -0.2) is 4.68 Å². The van der Waals surface area contributed by atoms with Crippen LogP contribution in [0.3, 0.4) is 0 Å². The average Bonchev–Trinajstić information content (AvgIpc) is 2.66. The second kappa shape index (κ2) is 5.79. The van der Waals surface area contributed by atoms with Gasteiger partial charge in [-0.2, -0.15) is 0 Å². The van der Waals surface area contributed by atoms with Crippen molar-refractivity contribution in [1.82, 2.24) is 25.5 Å². The Labute approximate surface area is 91.6 Å². The monoisotopic (exact) mass is 227 g/mol. The van der Waals surface area contributed by atoms with E-state index in [1.165, 1.54) is 11.0 Å². The van der Waals surface area contributed by atoms with Gasteiger partial charge in [-0.1, -0.05) is 6.92 Å². The van der Waals surface area contributed by atoms with E-state index in [1.807, 2.05) is 0 Å². The lowest BCUT2D eigenvalue weighted by atomic mass is 10.1. The first kappa shape index (κ1) is 12.1. The number of hydrogen-bond donors (Lipinski definition) is 2. The van der Waals surface area contributed by atoms with E-state index in [0.717, 1.165) is 0 Å². The Morgan fingerprint density at radius 1 is 1.56 bits per heavy atom. The van der Waals surface area contributed by atoms with Crippen LogP contribution in [0, 0.1) is 5.92 Å². The Hall–Kier alpha value is -1.99. The van der Waals surface area contributed by atoms with Crippen molar-refractivity contribution in [3.05, 3.63) is 6.33 Å². The van der Waals surface area contributed by atoms with Crippen molar-refractivity contribution < 1.29 is 14.7 Å². The Bertz CT molecular complexity index is 351. The van der Waals surface area contributed by atoms with Crippen molar-refractivity contribution in [2.24, 2.45) is 5.92 Å². The van der Waals surface area contributed by atoms with Crippen LogP contribution in [0.1, 0.15) is 13.3 Å². The number of amides is 1. The third-order valence-electron chi connectivity index (χ3n) is 1.87. The molecule has 1 rings (SSSR count). The van der Waals surface area contributed by atoms with Crippen LogP contribution in [-0.4, -0.2) is 43.7 Å². The molecule has 88 valence electrons. The molecule has 1 unspecified atom stereocenters. The standard InChI is InChI=1S/C8H13N5O3/c1-6(2-8(15)16)3-9-7(14)4-13-5-10-11-12-13/h5-6H,2-4H2,1H3,(H,9,14)(H,15,16). The van der Waals surface area contributed by atoms with Gasteiger partial charge in [0.1, 0.15) is 12.9 Å². The molecule has 16 heavy (non-hydrogen) atoms. The highest BCUT2D eigenvalue weighted by Gasteiger charge is 2.09. The van der Waals surface area contributed by atoms with Crippen molar-refractivity contribution in [2.75, 3.05) is 6.54 Å². The second-order valence-corrected chi connectivity index (χ2v) is 3.51. The van der Waals surface area contributed by atoms with E-state index in [1.54, 1.807) is 6.92 Å². The molecule has 0 aliphatic rings. The molecule has 0 aliphatic carbocycles. The van der Waals surface area contributed by atoms with Gasteiger partial charge in [0, 0.05) is 13.0 Å². The lowest BCUT2D eigenvalue weighted by molar-refractivity contribution is -0.138. The van der Waals surface area contributed by atoms with Gasteiger partial charge < -0.3 is 10.4 Å². The van der Waals surface area contributed by atoms with Gasteiger partial charge >= 0.3 is 5.97 Å². The number of carbonyl (C=O) groups excluding carboxylic acids is 1. The normalized spacial score (nSPS) is 12.1. The minimum atomic E-state index is -0.873. The second-order valence-electron chi connectivity index (χ2n) is 3.51. The molecule has 0 aromatic carbocycles. The molecule has 1 aromatic rings. The van der Waals surface area contributed by atoms with E-state index in [4.69, 9.17) is 5.11 Å². The highest BCUT2D eigenvalue weighted by molar-refractivity contribution is 5.75. The molecule has 8 nitrogen and oxygen atoms in total. The molecule has 8 heteroatoms. The van der Waals surface area contributed by atoms with Gasteiger partial charge in [0.2, 0.25) is 5.91 Å². The van der Waals surface area contributed by atoms with E-state index in [0.29, 0.717) is 6.54 Å². The molecule has 1 amide bonds. The number of carbonyl (C=O) groups is 2. The molecule has 2 N–H and O–H groups in total. The maximum atomic E-state index is 11.3. The number of aromatic nitrogens is 4. The van der Waals surface area contributed by atoms with E-state index < -0.39 is 5.97 Å². The molecular weight excluding hydrogens is 214 g/mol. The lowest BCUT2D eigenvalue weighted by Gasteiger charge is -2.09. The quantitative estimate of drug-likeness (QED) is 0.638. The topological polar surface area (TPSA) is 110 Å². The first-order valence-electron chi connectivity index (χ1n) is 4.77. The van der Waals surface area contributed by atoms with Gasteiger partial charge in [0.25, 0.3) is 0 Å². The number of carboxylic acid groups (broad SMARTS) is 1. The highest BCUT2D eigenvalue weighted by Crippen LogP contribution is 1.99. The maximum absolute atomic E-state index is 11.3. The zero-order valence-corrected chi connectivity index (χ0v) is 8.83. The molecule has 0 spiro atoms. The van der Waals surface area contributed by atoms with E-state index in [2.05, 4.69) is 20.8 Å². The van der Waals surface area contributed by atoms with Crippen molar-refractivity contribution in [3.8, 4) is 0 Å². The number of carboxylic acids is 1. The summed E-state index contributed by atoms with van der Waals surface area (Å²) in [6, 6.07) is 0. The third kappa shape index (κ3) is 4.49. The Morgan fingerprint density at radius 2 is 2.31 bits per heavy atom. The smallest absolute Gasteiger partial charge is 0.303 e. The molecular formula is C8H13N5O3. The zero-order valence-electron chi connectivity index (χ0n) is 8.83. The summed E-state index contributed by atoms with van der Waals surface area (Å²) in [7, 11) is 0. The van der Waals surface area contributed by atoms with E-state index in [9.17, 15) is 9.59 Å². The van der Waals surface area contributed by atoms with Gasteiger partial charge in [-0.05, 0) is 16.3 Å². The SMILES string of the molecule is CC(CNC(=O)Cn1cnnn1)CC(=O)O. The predicted octanol–water partition coefficient (Wildman–Crippen LogP) is -1.10. The average molecular weight is 227 g/mol. The summed E-state index contributed by atoms with van der Waals surface area (Å²) < 4.78 is 1.29. The number of nitrogens with zero attached hydrogens (tertiary/aromatic N) is 4. The molecule has 0 saturated heterocycles. The predicted molar refractivity (Wildman–Crippen MR) is 52.2 cm³/mol. The number of rotatable bonds is 6. The van der Waals surface area contributed by atoms with Crippen LogP contribution in [-0.2, 0) is 16.1 Å². The minimum Gasteiger partial charge on any atom is -0.481 e. The molecule has 0 saturated carbocycles. The first-order chi connectivity index (χ1) is 7.58. The van der Waals surface area contributed by atoms with Crippen LogP contribution in [0.25, 0.3) is 0 Å². The molecule has 0 aliphatic heterocycles. The maximum Gasteiger partial charge on any atom is 0.303 e. The summed E-state index contributed by atoms with van der Waals surface area (Å²) in [6.07, 6.45) is 1.37. The Morgan fingerprint density at radius 3 is 2.88 bits per heavy atom. The third-order valence-corrected chi connectivity index (χ3v) is 1.87. The van der Waals surface area contributed by atoms with Crippen LogP contribution >= 0.6 is 0 Å². The molecule has 0 bridgehead atoms. The van der Waals surface area contributed by atoms with Crippen molar-refractivity contribution in [1.29, 1.82) is 0 Å². The molecule has 1 aromatic heterocycles. The van der Waals surface area contributed by atoms with Crippen LogP contribution in [0.4, 0.5) is 0 Å². The van der Waals surface area contributed by atoms with Crippen molar-refractivity contribution in [2.45, 2.75) is 19.9 Å². The minimum absolute atomic E-state index is 0.0329. The summed E-state index contributed by atoms with van der Waals surface area (Å²) >= 11 is 0. The van der Waals surface area contributed by atoms with Gasteiger partial charge in [-0.15, -0.1) is 5.10 Å². The fourth-order valence-electron chi connectivity index (χ4n) is 1.11. The lowest BCUT2D eigenvalue weighted by Crippen LogP contribution is -2.32. The van der Waals surface area contributed by atoms with Gasteiger partial charge in [-0.3, -0.25) is 9.59 Å². The summed E-state index contributed by atoms with van der Waals surface area (Å²) in [5.41, 5.74) is 0. The zero-order chi connectivity index (χ0) is 12.0. The van der Waals surface area contributed by atoms with Gasteiger partial charge in [0.05, 0.1) is 0 Å². The number of aliphatic carboxylic acids is 1. The van der Waals surface area contributed by atoms with Crippen molar-refractivity contribution >= 4 is 11.9 Å². The molecule has 0 fully saturated rings. The van der Waals surface area contributed by atoms with Crippen LogP contribution < -0.4 is 5.32 Å². The summed E-state index contributed by atoms with van der Waals surface area (Å²) in [6.45, 7) is 2.12. The van der Waals surface area contributed by atoms with E-state index >= 15 is 0 Å². The number of nitrogens with one attached hydrogen (secondary N) is 1. The largest absolute Gasteiger partial charge is 0.481 e. The number of tetrazole rings is 1. The first-order valence-corrected chi connectivity index (χ1v) is 4.77. The van der Waals surface area contributed by atoms with E-state index in [-0.39, 0.29) is 24.8 Å². The molecule has 0 radical (unpaired) electrons. The summed E-state index contributed by atoms with van der Waals surface area (Å²) in [5.74, 6) is -1.22. The Kier molecular flexibility index (Phi) is 4.37. The Balaban J connectivity index is 2.22. The summed E-state index contributed by atoms with van der Waals surface area (Å²) in [5, 5.41) is 21.4. The fraction of sp³-hybridized carbons (Fsp3) is 0.625. The van der Waals surface area contributed by atoms with Crippen LogP contribution in [0.15, 0.2) is 6.33 Å². The van der Waals surface area contributed by atoms with Gasteiger partial charge in [0.15, 0.2) is 0 Å². The molecule has 1 heterocycles. The number of hydrogen-bond acceptors (Lipinski definition) is 5. The van der Waals surface area contributed by atoms with Crippen LogP contribution in [0.2, 0.25) is 0 Å². The van der Waals surface area contributed by atoms with Crippen LogP contribution in [0.5, 0.6) is 0 Å². The molecule has 1 atom stereocenters.